The molecule has 0 bridgehead atoms. The lowest BCUT2D eigenvalue weighted by molar-refractivity contribution is -0.0491. The fraction of sp³-hybridized carbons (Fsp3) is 1.00. The molecule has 0 aliphatic rings. The summed E-state index contributed by atoms with van der Waals surface area (Å²) < 4.78 is 28.1. The van der Waals surface area contributed by atoms with Crippen LogP contribution in [0, 0.1) is 0 Å². The van der Waals surface area contributed by atoms with Gasteiger partial charge in [0.05, 0.1) is 5.60 Å². The van der Waals surface area contributed by atoms with Crippen molar-refractivity contribution >= 4 is 9.84 Å². The lowest BCUT2D eigenvalue weighted by atomic mass is 9.85. The zero-order valence-electron chi connectivity index (χ0n) is 12.5. The van der Waals surface area contributed by atoms with Crippen LogP contribution in [0.2, 0.25) is 0 Å². The molecule has 0 aliphatic heterocycles. The Hall–Kier alpha value is -0.130. The van der Waals surface area contributed by atoms with E-state index in [4.69, 9.17) is 4.74 Å². The average Bonchev–Trinajstić information content (AvgIpc) is 2.30. The van der Waals surface area contributed by atoms with Gasteiger partial charge in [0.1, 0.15) is 9.84 Å². The molecule has 0 aromatic rings. The molecule has 0 spiro atoms. The zero-order chi connectivity index (χ0) is 14.2. The Morgan fingerprint density at radius 2 is 1.78 bits per heavy atom. The number of nitrogens with one attached hydrogen (secondary N) is 1. The first kappa shape index (κ1) is 17.9. The highest BCUT2D eigenvalue weighted by Gasteiger charge is 2.34. The van der Waals surface area contributed by atoms with E-state index in [9.17, 15) is 8.42 Å². The molecule has 0 rings (SSSR count). The van der Waals surface area contributed by atoms with Crippen LogP contribution < -0.4 is 5.32 Å². The normalized spacial score (nSPS) is 14.7. The van der Waals surface area contributed by atoms with Crippen LogP contribution in [0.4, 0.5) is 0 Å². The van der Waals surface area contributed by atoms with Crippen molar-refractivity contribution in [2.24, 2.45) is 0 Å². The van der Waals surface area contributed by atoms with Crippen molar-refractivity contribution in [1.82, 2.24) is 5.32 Å². The molecule has 0 amide bonds. The summed E-state index contributed by atoms with van der Waals surface area (Å²) in [5, 5.41) is 3.44. The Bertz CT molecular complexity index is 302. The Balaban J connectivity index is 4.63. The second-order valence-corrected chi connectivity index (χ2v) is 7.12. The summed E-state index contributed by atoms with van der Waals surface area (Å²) in [6.45, 7) is 7.17. The van der Waals surface area contributed by atoms with Gasteiger partial charge in [0.2, 0.25) is 0 Å². The number of hydrogen-bond acceptors (Lipinski definition) is 4. The van der Waals surface area contributed by atoms with Gasteiger partial charge in [0, 0.05) is 25.2 Å². The molecule has 110 valence electrons. The van der Waals surface area contributed by atoms with Crippen LogP contribution in [0.15, 0.2) is 0 Å². The average molecular weight is 279 g/mol. The minimum atomic E-state index is -2.87. The summed E-state index contributed by atoms with van der Waals surface area (Å²) in [4.78, 5) is 0. The molecule has 18 heavy (non-hydrogen) atoms. The first-order valence-electron chi connectivity index (χ1n) is 6.81. The number of rotatable bonds is 10. The SMILES string of the molecule is CCNC(CCCS(C)(=O)=O)C(CC)(CC)OC. The monoisotopic (exact) mass is 279 g/mol. The number of ether oxygens (including phenoxy) is 1. The smallest absolute Gasteiger partial charge is 0.147 e. The summed E-state index contributed by atoms with van der Waals surface area (Å²) in [5.74, 6) is 0.252. The van der Waals surface area contributed by atoms with Gasteiger partial charge in [-0.05, 0) is 32.2 Å². The fourth-order valence-electron chi connectivity index (χ4n) is 2.52. The van der Waals surface area contributed by atoms with Crippen molar-refractivity contribution in [2.45, 2.75) is 58.1 Å². The van der Waals surface area contributed by atoms with Gasteiger partial charge in [-0.3, -0.25) is 0 Å². The number of likely N-dealkylation sites (N-methyl/N-ethyl adjacent to an activating group) is 1. The second kappa shape index (κ2) is 8.12. The third-order valence-corrected chi connectivity index (χ3v) is 4.73. The van der Waals surface area contributed by atoms with Crippen molar-refractivity contribution in [3.8, 4) is 0 Å². The van der Waals surface area contributed by atoms with Crippen molar-refractivity contribution in [3.05, 3.63) is 0 Å². The van der Waals surface area contributed by atoms with Gasteiger partial charge in [-0.1, -0.05) is 20.8 Å². The third-order valence-electron chi connectivity index (χ3n) is 3.70. The Kier molecular flexibility index (Phi) is 8.06. The first-order chi connectivity index (χ1) is 8.35. The summed E-state index contributed by atoms with van der Waals surface area (Å²) in [5.41, 5.74) is -0.187. The fourth-order valence-corrected chi connectivity index (χ4v) is 3.21. The van der Waals surface area contributed by atoms with E-state index in [0.717, 1.165) is 25.8 Å². The molecular weight excluding hydrogens is 250 g/mol. The molecule has 0 aliphatic carbocycles. The zero-order valence-corrected chi connectivity index (χ0v) is 13.3. The molecule has 0 aromatic carbocycles. The minimum absolute atomic E-state index is 0.187. The van der Waals surface area contributed by atoms with Crippen LogP contribution in [0.25, 0.3) is 0 Å². The van der Waals surface area contributed by atoms with E-state index in [1.165, 1.54) is 6.26 Å². The number of methoxy groups -OCH3 is 1. The largest absolute Gasteiger partial charge is 0.377 e. The van der Waals surface area contributed by atoms with Crippen LogP contribution in [-0.4, -0.2) is 45.7 Å². The van der Waals surface area contributed by atoms with Gasteiger partial charge in [-0.25, -0.2) is 8.42 Å². The van der Waals surface area contributed by atoms with E-state index in [2.05, 4.69) is 26.1 Å². The highest BCUT2D eigenvalue weighted by atomic mass is 32.2. The Morgan fingerprint density at radius 3 is 2.11 bits per heavy atom. The molecule has 1 atom stereocenters. The van der Waals surface area contributed by atoms with Crippen molar-refractivity contribution in [3.63, 3.8) is 0 Å². The maximum Gasteiger partial charge on any atom is 0.147 e. The topological polar surface area (TPSA) is 55.4 Å². The van der Waals surface area contributed by atoms with Crippen molar-refractivity contribution < 1.29 is 13.2 Å². The van der Waals surface area contributed by atoms with Crippen LogP contribution in [0.3, 0.4) is 0 Å². The van der Waals surface area contributed by atoms with E-state index < -0.39 is 9.84 Å². The molecule has 0 fully saturated rings. The van der Waals surface area contributed by atoms with Gasteiger partial charge in [-0.15, -0.1) is 0 Å². The molecule has 0 saturated carbocycles. The second-order valence-electron chi connectivity index (χ2n) is 4.86. The standard InChI is InChI=1S/C13H29NO3S/c1-6-13(7-2,17-4)12(14-8-3)10-9-11-18(5,15)16/h12,14H,6-11H2,1-5H3. The van der Waals surface area contributed by atoms with Crippen LogP contribution in [-0.2, 0) is 14.6 Å². The molecular formula is C13H29NO3S. The van der Waals surface area contributed by atoms with E-state index >= 15 is 0 Å². The predicted octanol–water partition coefficient (Wildman–Crippen LogP) is 1.99. The highest BCUT2D eigenvalue weighted by Crippen LogP contribution is 2.27. The first-order valence-corrected chi connectivity index (χ1v) is 8.87. The van der Waals surface area contributed by atoms with Crippen molar-refractivity contribution in [2.75, 3.05) is 25.7 Å². The van der Waals surface area contributed by atoms with E-state index in [-0.39, 0.29) is 17.4 Å². The van der Waals surface area contributed by atoms with E-state index in [1.807, 2.05) is 0 Å². The third kappa shape index (κ3) is 5.67. The molecule has 0 heterocycles. The van der Waals surface area contributed by atoms with Gasteiger partial charge in [0.15, 0.2) is 0 Å². The maximum atomic E-state index is 11.2. The van der Waals surface area contributed by atoms with E-state index in [0.29, 0.717) is 6.42 Å². The highest BCUT2D eigenvalue weighted by molar-refractivity contribution is 7.90. The minimum Gasteiger partial charge on any atom is -0.377 e. The van der Waals surface area contributed by atoms with Crippen LogP contribution in [0.5, 0.6) is 0 Å². The summed E-state index contributed by atoms with van der Waals surface area (Å²) in [6.07, 6.45) is 4.66. The number of hydrogen-bond donors (Lipinski definition) is 1. The lowest BCUT2D eigenvalue weighted by Crippen LogP contribution is -2.51. The van der Waals surface area contributed by atoms with Gasteiger partial charge in [-0.2, -0.15) is 0 Å². The lowest BCUT2D eigenvalue weighted by Gasteiger charge is -2.39. The Morgan fingerprint density at radius 1 is 1.22 bits per heavy atom. The molecule has 5 heteroatoms. The molecule has 1 N–H and O–H groups in total. The summed E-state index contributed by atoms with van der Waals surface area (Å²) >= 11 is 0. The Labute approximate surface area is 112 Å². The number of sulfone groups is 1. The van der Waals surface area contributed by atoms with Crippen LogP contribution >= 0.6 is 0 Å². The molecule has 4 nitrogen and oxygen atoms in total. The summed E-state index contributed by atoms with van der Waals surface area (Å²) in [6, 6.07) is 0.212. The molecule has 1 unspecified atom stereocenters. The predicted molar refractivity (Wildman–Crippen MR) is 76.7 cm³/mol. The molecule has 0 radical (unpaired) electrons. The molecule has 0 saturated heterocycles. The van der Waals surface area contributed by atoms with Gasteiger partial charge >= 0.3 is 0 Å². The summed E-state index contributed by atoms with van der Waals surface area (Å²) in [7, 11) is -1.13. The maximum absolute atomic E-state index is 11.2. The van der Waals surface area contributed by atoms with Gasteiger partial charge < -0.3 is 10.1 Å². The van der Waals surface area contributed by atoms with Crippen LogP contribution in [0.1, 0.15) is 46.5 Å². The van der Waals surface area contributed by atoms with Gasteiger partial charge in [0.25, 0.3) is 0 Å². The van der Waals surface area contributed by atoms with E-state index in [1.54, 1.807) is 7.11 Å². The molecule has 0 aromatic heterocycles. The quantitative estimate of drug-likeness (QED) is 0.664. The van der Waals surface area contributed by atoms with Crippen molar-refractivity contribution in [1.29, 1.82) is 0 Å².